The third-order valence-corrected chi connectivity index (χ3v) is 7.89. The summed E-state index contributed by atoms with van der Waals surface area (Å²) >= 11 is 1.39. The van der Waals surface area contributed by atoms with Crippen molar-refractivity contribution >= 4 is 44.5 Å². The van der Waals surface area contributed by atoms with E-state index in [1.54, 1.807) is 4.90 Å². The second-order valence-electron chi connectivity index (χ2n) is 8.95. The minimum Gasteiger partial charge on any atom is -0.397 e. The van der Waals surface area contributed by atoms with Crippen LogP contribution in [0.3, 0.4) is 0 Å². The molecule has 5 aromatic rings. The lowest BCUT2D eigenvalue weighted by Crippen LogP contribution is -2.25. The lowest BCUT2D eigenvalue weighted by atomic mass is 9.82. The van der Waals surface area contributed by atoms with Gasteiger partial charge in [0.2, 0.25) is 0 Å². The lowest BCUT2D eigenvalue weighted by Gasteiger charge is -2.24. The first-order chi connectivity index (χ1) is 17.2. The highest BCUT2D eigenvalue weighted by molar-refractivity contribution is 7.21. The second-order valence-corrected chi connectivity index (χ2v) is 9.95. The summed E-state index contributed by atoms with van der Waals surface area (Å²) in [7, 11) is 0. The number of carbonyl (C=O) groups excluding carboxylic acids is 1. The molecule has 0 aliphatic heterocycles. The minimum absolute atomic E-state index is 0.136. The van der Waals surface area contributed by atoms with Crippen molar-refractivity contribution in [3.05, 3.63) is 119 Å². The molecule has 172 valence electrons. The molecule has 0 saturated heterocycles. The number of pyridine rings is 1. The van der Waals surface area contributed by atoms with E-state index in [4.69, 9.17) is 10.7 Å². The molecule has 35 heavy (non-hydrogen) atoms. The molecule has 1 unspecified atom stereocenters. The predicted molar refractivity (Wildman–Crippen MR) is 145 cm³/mol. The van der Waals surface area contributed by atoms with Gasteiger partial charge in [0.25, 0.3) is 5.91 Å². The molecule has 2 N–H and O–H groups in total. The van der Waals surface area contributed by atoms with E-state index in [2.05, 4.69) is 36.4 Å². The number of aryl methyl sites for hydroxylation is 1. The molecule has 6 rings (SSSR count). The van der Waals surface area contributed by atoms with E-state index in [0.29, 0.717) is 16.5 Å². The molecule has 0 fully saturated rings. The highest BCUT2D eigenvalue weighted by atomic mass is 32.1. The first-order valence-corrected chi connectivity index (χ1v) is 12.7. The predicted octanol–water partition coefficient (Wildman–Crippen LogP) is 7.13. The summed E-state index contributed by atoms with van der Waals surface area (Å²) in [5.74, 6) is 0.346. The smallest absolute Gasteiger partial charge is 0.275 e. The number of hydrogen-bond acceptors (Lipinski definition) is 4. The molecule has 1 amide bonds. The van der Waals surface area contributed by atoms with Gasteiger partial charge in [0.1, 0.15) is 9.71 Å². The number of rotatable bonds is 4. The summed E-state index contributed by atoms with van der Waals surface area (Å²) in [4.78, 5) is 22.0. The van der Waals surface area contributed by atoms with E-state index >= 15 is 0 Å². The summed E-state index contributed by atoms with van der Waals surface area (Å²) in [6.07, 6.45) is 2.96. The molecule has 1 aliphatic carbocycles. The Morgan fingerprint density at radius 3 is 2.11 bits per heavy atom. The van der Waals surface area contributed by atoms with Gasteiger partial charge in [-0.2, -0.15) is 0 Å². The Morgan fingerprint density at radius 2 is 1.49 bits per heavy atom. The van der Waals surface area contributed by atoms with Crippen LogP contribution in [0.4, 0.5) is 17.1 Å². The first kappa shape index (κ1) is 21.6. The quantitative estimate of drug-likeness (QED) is 0.301. The van der Waals surface area contributed by atoms with Crippen molar-refractivity contribution in [2.45, 2.75) is 25.2 Å². The number of amides is 1. The van der Waals surface area contributed by atoms with E-state index < -0.39 is 0 Å². The fraction of sp³-hybridized carbons (Fsp3) is 0.133. The SMILES string of the molecule is Nc1c(C(=O)N(c2ccccc2)c2ccccc2)sc2nc3c(cc12)CC(c1ccccc1)CC3. The molecule has 1 atom stereocenters. The zero-order valence-corrected chi connectivity index (χ0v) is 20.0. The molecule has 2 aromatic heterocycles. The Kier molecular flexibility index (Phi) is 5.55. The van der Waals surface area contributed by atoms with Crippen LogP contribution in [-0.2, 0) is 12.8 Å². The van der Waals surface area contributed by atoms with Gasteiger partial charge in [-0.15, -0.1) is 11.3 Å². The van der Waals surface area contributed by atoms with Crippen LogP contribution >= 0.6 is 11.3 Å². The number of benzene rings is 3. The number of fused-ring (bicyclic) bond motifs is 2. The number of aromatic nitrogens is 1. The van der Waals surface area contributed by atoms with Gasteiger partial charge in [0.15, 0.2) is 0 Å². The Bertz CT molecular complexity index is 1460. The Hall–Kier alpha value is -3.96. The summed E-state index contributed by atoms with van der Waals surface area (Å²) in [6.45, 7) is 0. The van der Waals surface area contributed by atoms with E-state index in [0.717, 1.165) is 46.5 Å². The molecule has 4 nitrogen and oxygen atoms in total. The van der Waals surface area contributed by atoms with Crippen molar-refractivity contribution in [3.63, 3.8) is 0 Å². The molecule has 2 heterocycles. The Balaban J connectivity index is 1.40. The average molecular weight is 476 g/mol. The number of para-hydroxylation sites is 2. The Labute approximate surface area is 208 Å². The summed E-state index contributed by atoms with van der Waals surface area (Å²) < 4.78 is 0. The number of hydrogen-bond donors (Lipinski definition) is 1. The number of carbonyl (C=O) groups is 1. The largest absolute Gasteiger partial charge is 0.397 e. The van der Waals surface area contributed by atoms with Crippen LogP contribution in [-0.4, -0.2) is 10.9 Å². The van der Waals surface area contributed by atoms with Crippen molar-refractivity contribution in [2.24, 2.45) is 0 Å². The van der Waals surface area contributed by atoms with Crippen LogP contribution in [0.5, 0.6) is 0 Å². The zero-order valence-electron chi connectivity index (χ0n) is 19.2. The number of nitrogen functional groups attached to an aromatic ring is 1. The number of thiophene rings is 1. The molecule has 3 aromatic carbocycles. The van der Waals surface area contributed by atoms with Crippen molar-refractivity contribution in [1.29, 1.82) is 0 Å². The third-order valence-electron chi connectivity index (χ3n) is 6.78. The van der Waals surface area contributed by atoms with Crippen LogP contribution in [0.25, 0.3) is 10.2 Å². The lowest BCUT2D eigenvalue weighted by molar-refractivity contribution is 0.100. The van der Waals surface area contributed by atoms with Crippen molar-refractivity contribution < 1.29 is 4.79 Å². The molecule has 0 bridgehead atoms. The highest BCUT2D eigenvalue weighted by Crippen LogP contribution is 2.40. The van der Waals surface area contributed by atoms with Gasteiger partial charge in [0.05, 0.1) is 5.69 Å². The summed E-state index contributed by atoms with van der Waals surface area (Å²) in [5, 5.41) is 0.881. The van der Waals surface area contributed by atoms with Crippen LogP contribution in [0.15, 0.2) is 97.1 Å². The average Bonchev–Trinajstić information content (AvgIpc) is 3.24. The summed E-state index contributed by atoms with van der Waals surface area (Å²) in [5.41, 5.74) is 12.5. The maximum absolute atomic E-state index is 13.9. The normalized spacial score (nSPS) is 15.0. The molecule has 0 radical (unpaired) electrons. The van der Waals surface area contributed by atoms with Crippen molar-refractivity contribution in [3.8, 4) is 0 Å². The highest BCUT2D eigenvalue weighted by Gasteiger charge is 2.27. The van der Waals surface area contributed by atoms with Gasteiger partial charge >= 0.3 is 0 Å². The fourth-order valence-corrected chi connectivity index (χ4v) is 6.02. The second kappa shape index (κ2) is 9.01. The minimum atomic E-state index is -0.136. The van der Waals surface area contributed by atoms with E-state index in [-0.39, 0.29) is 5.91 Å². The van der Waals surface area contributed by atoms with Crippen LogP contribution in [0.2, 0.25) is 0 Å². The molecule has 0 saturated carbocycles. The zero-order chi connectivity index (χ0) is 23.8. The molecular formula is C30H25N3OS. The van der Waals surface area contributed by atoms with E-state index in [9.17, 15) is 4.79 Å². The van der Waals surface area contributed by atoms with Gasteiger partial charge in [-0.05, 0) is 66.6 Å². The van der Waals surface area contributed by atoms with Crippen molar-refractivity contribution in [2.75, 3.05) is 10.6 Å². The number of nitrogens with two attached hydrogens (primary N) is 1. The molecular weight excluding hydrogens is 450 g/mol. The Morgan fingerprint density at radius 1 is 0.886 bits per heavy atom. The van der Waals surface area contributed by atoms with Crippen molar-refractivity contribution in [1.82, 2.24) is 4.98 Å². The molecule has 5 heteroatoms. The van der Waals surface area contributed by atoms with Crippen LogP contribution in [0.1, 0.15) is 38.8 Å². The van der Waals surface area contributed by atoms with E-state index in [1.165, 1.54) is 22.5 Å². The van der Waals surface area contributed by atoms with Gasteiger partial charge < -0.3 is 5.73 Å². The maximum atomic E-state index is 13.9. The monoisotopic (exact) mass is 475 g/mol. The van der Waals surface area contributed by atoms with Crippen LogP contribution in [0, 0.1) is 0 Å². The van der Waals surface area contributed by atoms with E-state index in [1.807, 2.05) is 60.7 Å². The molecule has 1 aliphatic rings. The standard InChI is InChI=1S/C30H25N3OS/c31-27-25-19-22-18-21(20-10-4-1-5-11-20)16-17-26(22)32-29(25)35-28(27)30(34)33(23-12-6-2-7-13-23)24-14-8-3-9-15-24/h1-15,19,21H,16-18,31H2. The number of nitrogens with zero attached hydrogens (tertiary/aromatic N) is 2. The topological polar surface area (TPSA) is 59.2 Å². The summed E-state index contributed by atoms with van der Waals surface area (Å²) in [6, 6.07) is 32.2. The first-order valence-electron chi connectivity index (χ1n) is 11.9. The van der Waals surface area contributed by atoms with Gasteiger partial charge in [-0.25, -0.2) is 4.98 Å². The number of anilines is 3. The maximum Gasteiger partial charge on any atom is 0.275 e. The van der Waals surface area contributed by atoms with Gasteiger partial charge in [-0.3, -0.25) is 9.69 Å². The van der Waals surface area contributed by atoms with Gasteiger partial charge in [-0.1, -0.05) is 66.7 Å². The third kappa shape index (κ3) is 3.98. The fourth-order valence-electron chi connectivity index (χ4n) is 5.00. The van der Waals surface area contributed by atoms with Crippen LogP contribution < -0.4 is 10.6 Å². The van der Waals surface area contributed by atoms with Gasteiger partial charge in [0, 0.05) is 22.5 Å². The molecule has 0 spiro atoms.